The van der Waals surface area contributed by atoms with Crippen molar-refractivity contribution in [2.75, 3.05) is 0 Å². The van der Waals surface area contributed by atoms with Crippen LogP contribution in [0, 0.1) is 0 Å². The molecule has 0 fully saturated rings. The van der Waals surface area contributed by atoms with E-state index in [0.29, 0.717) is 17.5 Å². The molecule has 16 aromatic rings. The standard InChI is InChI=1S/C71H43N5/c1-2-22-53(23-3-1)75-63-28-13-12-26-58(63)59-35-32-52(43-66(59)75)70-72-69(51-30-29-44-15-4-5-18-47(44)39-51)73-71(74-70)60-36-38-64(61-41-50(31-34-57(60)61)55-27-14-21-45-16-8-10-24-54(45)55)76-65-37-33-46-17-9-11-25-56(46)68(65)62-40-48-19-6-7-20-49(48)42-67(62)76/h1-43H. The average Bonchev–Trinajstić information content (AvgIpc) is 4.04. The van der Waals surface area contributed by atoms with E-state index in [1.807, 2.05) is 0 Å². The maximum absolute atomic E-state index is 5.52. The van der Waals surface area contributed by atoms with Gasteiger partial charge in [-0.25, -0.2) is 15.0 Å². The van der Waals surface area contributed by atoms with Crippen molar-refractivity contribution in [1.82, 2.24) is 24.1 Å². The molecule has 352 valence electrons. The summed E-state index contributed by atoms with van der Waals surface area (Å²) < 4.78 is 4.84. The lowest BCUT2D eigenvalue weighted by Gasteiger charge is -2.17. The quantitative estimate of drug-likeness (QED) is 0.167. The largest absolute Gasteiger partial charge is 0.309 e. The number of nitrogens with zero attached hydrogens (tertiary/aromatic N) is 5. The molecular formula is C71H43N5. The second kappa shape index (κ2) is 16.7. The molecule has 3 heterocycles. The number of aromatic nitrogens is 5. The fraction of sp³-hybridized carbons (Fsp3) is 0. The first kappa shape index (κ1) is 42.3. The smallest absolute Gasteiger partial charge is 0.164 e. The summed E-state index contributed by atoms with van der Waals surface area (Å²) in [5.74, 6) is 1.82. The lowest BCUT2D eigenvalue weighted by atomic mass is 9.94. The third-order valence-electron chi connectivity index (χ3n) is 15.7. The predicted molar refractivity (Wildman–Crippen MR) is 318 cm³/mol. The zero-order valence-corrected chi connectivity index (χ0v) is 41.1. The van der Waals surface area contributed by atoms with Crippen LogP contribution in [0.1, 0.15) is 0 Å². The number of hydrogen-bond acceptors (Lipinski definition) is 3. The summed E-state index contributed by atoms with van der Waals surface area (Å²) >= 11 is 0. The van der Waals surface area contributed by atoms with E-state index in [1.54, 1.807) is 0 Å². The maximum Gasteiger partial charge on any atom is 0.164 e. The van der Waals surface area contributed by atoms with Gasteiger partial charge in [0.1, 0.15) is 0 Å². The van der Waals surface area contributed by atoms with Gasteiger partial charge in [0.25, 0.3) is 0 Å². The summed E-state index contributed by atoms with van der Waals surface area (Å²) in [7, 11) is 0. The van der Waals surface area contributed by atoms with Crippen LogP contribution >= 0.6 is 0 Å². The fourth-order valence-corrected chi connectivity index (χ4v) is 12.1. The Morgan fingerprint density at radius 1 is 0.237 bits per heavy atom. The summed E-state index contributed by atoms with van der Waals surface area (Å²) in [4.78, 5) is 16.4. The van der Waals surface area contributed by atoms with Crippen molar-refractivity contribution in [3.05, 3.63) is 261 Å². The van der Waals surface area contributed by atoms with Crippen molar-refractivity contribution >= 4 is 97.5 Å². The van der Waals surface area contributed by atoms with Crippen LogP contribution in [0.2, 0.25) is 0 Å². The zero-order chi connectivity index (χ0) is 49.8. The molecule has 16 rings (SSSR count). The number of fused-ring (bicyclic) bond motifs is 12. The Morgan fingerprint density at radius 3 is 1.62 bits per heavy atom. The van der Waals surface area contributed by atoms with Gasteiger partial charge in [0.15, 0.2) is 17.5 Å². The third kappa shape index (κ3) is 6.56. The number of hydrogen-bond donors (Lipinski definition) is 0. The molecule has 0 radical (unpaired) electrons. The molecule has 0 bridgehead atoms. The Bertz CT molecular complexity index is 5060. The van der Waals surface area contributed by atoms with Gasteiger partial charge in [-0.3, -0.25) is 0 Å². The molecule has 0 amide bonds. The fourth-order valence-electron chi connectivity index (χ4n) is 12.1. The van der Waals surface area contributed by atoms with Gasteiger partial charge in [-0.05, 0) is 126 Å². The molecule has 0 aliphatic rings. The highest BCUT2D eigenvalue weighted by Crippen LogP contribution is 2.44. The minimum Gasteiger partial charge on any atom is -0.309 e. The van der Waals surface area contributed by atoms with Gasteiger partial charge in [0.2, 0.25) is 0 Å². The summed E-state index contributed by atoms with van der Waals surface area (Å²) in [6, 6.07) is 94.4. The molecule has 0 unspecified atom stereocenters. The molecule has 76 heavy (non-hydrogen) atoms. The Balaban J connectivity index is 0.984. The molecule has 0 saturated carbocycles. The second-order valence-electron chi connectivity index (χ2n) is 19.9. The van der Waals surface area contributed by atoms with Crippen molar-refractivity contribution in [2.45, 2.75) is 0 Å². The SMILES string of the molecule is c1ccc(-n2c3ccccc3c3ccc(-c4nc(-c5ccc6ccccc6c5)nc(-c5ccc(-n6c7cc8ccccc8cc7c7c8ccccc8ccc76)c6cc(-c7cccc8ccccc78)ccc56)n4)cc32)cc1. The van der Waals surface area contributed by atoms with Crippen molar-refractivity contribution in [3.63, 3.8) is 0 Å². The van der Waals surface area contributed by atoms with E-state index in [4.69, 9.17) is 15.0 Å². The molecule has 0 saturated heterocycles. The topological polar surface area (TPSA) is 48.5 Å². The second-order valence-corrected chi connectivity index (χ2v) is 19.9. The molecule has 0 spiro atoms. The van der Waals surface area contributed by atoms with Gasteiger partial charge in [-0.1, -0.05) is 194 Å². The molecular weight excluding hydrogens is 923 g/mol. The summed E-state index contributed by atoms with van der Waals surface area (Å²) in [6.45, 7) is 0. The third-order valence-corrected chi connectivity index (χ3v) is 15.7. The van der Waals surface area contributed by atoms with Gasteiger partial charge in [-0.2, -0.15) is 0 Å². The maximum atomic E-state index is 5.52. The lowest BCUT2D eigenvalue weighted by Crippen LogP contribution is -2.02. The minimum atomic E-state index is 0.602. The number of rotatable bonds is 6. The monoisotopic (exact) mass is 965 g/mol. The first-order valence-electron chi connectivity index (χ1n) is 25.9. The Hall–Kier alpha value is -10.2. The molecule has 0 aliphatic carbocycles. The van der Waals surface area contributed by atoms with E-state index in [0.717, 1.165) is 77.2 Å². The first-order chi connectivity index (χ1) is 37.7. The molecule has 3 aromatic heterocycles. The predicted octanol–water partition coefficient (Wildman–Crippen LogP) is 18.5. The summed E-state index contributed by atoms with van der Waals surface area (Å²) in [5.41, 5.74) is 11.8. The van der Waals surface area contributed by atoms with E-state index < -0.39 is 0 Å². The highest BCUT2D eigenvalue weighted by atomic mass is 15.0. The molecule has 5 nitrogen and oxygen atoms in total. The molecule has 0 N–H and O–H groups in total. The highest BCUT2D eigenvalue weighted by molar-refractivity contribution is 6.24. The van der Waals surface area contributed by atoms with Crippen molar-refractivity contribution in [3.8, 4) is 56.7 Å². The van der Waals surface area contributed by atoms with E-state index in [1.165, 1.54) is 59.4 Å². The van der Waals surface area contributed by atoms with Crippen LogP contribution in [-0.4, -0.2) is 24.1 Å². The van der Waals surface area contributed by atoms with Gasteiger partial charge in [-0.15, -0.1) is 0 Å². The van der Waals surface area contributed by atoms with Gasteiger partial charge in [0.05, 0.1) is 27.8 Å². The van der Waals surface area contributed by atoms with Gasteiger partial charge in [0, 0.05) is 49.3 Å². The molecule has 0 aliphatic heterocycles. The zero-order valence-electron chi connectivity index (χ0n) is 41.1. The normalized spacial score (nSPS) is 11.9. The lowest BCUT2D eigenvalue weighted by molar-refractivity contribution is 1.08. The summed E-state index contributed by atoms with van der Waals surface area (Å²) in [6.07, 6.45) is 0. The average molecular weight is 966 g/mol. The van der Waals surface area contributed by atoms with E-state index in [9.17, 15) is 0 Å². The molecule has 5 heteroatoms. The van der Waals surface area contributed by atoms with Crippen LogP contribution in [0.25, 0.3) is 154 Å². The number of para-hydroxylation sites is 2. The highest BCUT2D eigenvalue weighted by Gasteiger charge is 2.22. The van der Waals surface area contributed by atoms with Crippen molar-refractivity contribution in [1.29, 1.82) is 0 Å². The van der Waals surface area contributed by atoms with Gasteiger partial charge >= 0.3 is 0 Å². The van der Waals surface area contributed by atoms with Crippen LogP contribution in [0.3, 0.4) is 0 Å². The number of benzene rings is 13. The minimum absolute atomic E-state index is 0.602. The molecule has 13 aromatic carbocycles. The Kier molecular flexibility index (Phi) is 9.27. The van der Waals surface area contributed by atoms with Crippen molar-refractivity contribution < 1.29 is 0 Å². The first-order valence-corrected chi connectivity index (χ1v) is 25.9. The van der Waals surface area contributed by atoms with Crippen LogP contribution in [-0.2, 0) is 0 Å². The Labute approximate surface area is 436 Å². The van der Waals surface area contributed by atoms with Crippen LogP contribution in [0.5, 0.6) is 0 Å². The van der Waals surface area contributed by atoms with Crippen LogP contribution in [0.4, 0.5) is 0 Å². The van der Waals surface area contributed by atoms with E-state index in [2.05, 4.69) is 270 Å². The van der Waals surface area contributed by atoms with E-state index >= 15 is 0 Å². The van der Waals surface area contributed by atoms with Crippen molar-refractivity contribution in [2.24, 2.45) is 0 Å². The van der Waals surface area contributed by atoms with Crippen LogP contribution in [0.15, 0.2) is 261 Å². The van der Waals surface area contributed by atoms with Gasteiger partial charge < -0.3 is 9.13 Å². The van der Waals surface area contributed by atoms with Crippen LogP contribution < -0.4 is 0 Å². The summed E-state index contributed by atoms with van der Waals surface area (Å²) in [5, 5.41) is 16.5. The molecule has 0 atom stereocenters. The van der Waals surface area contributed by atoms with E-state index in [-0.39, 0.29) is 0 Å². The Morgan fingerprint density at radius 2 is 0.803 bits per heavy atom.